The van der Waals surface area contributed by atoms with E-state index in [9.17, 15) is 0 Å². The molecule has 3 atom stereocenters. The first-order valence-corrected chi connectivity index (χ1v) is 14.4. The van der Waals surface area contributed by atoms with E-state index >= 15 is 0 Å². The van der Waals surface area contributed by atoms with Crippen LogP contribution in [0.15, 0.2) is 60.7 Å². The molecule has 0 spiro atoms. The molecule has 3 aromatic carbocycles. The summed E-state index contributed by atoms with van der Waals surface area (Å²) >= 11 is 0. The van der Waals surface area contributed by atoms with Gasteiger partial charge in [-0.25, -0.2) is 0 Å². The summed E-state index contributed by atoms with van der Waals surface area (Å²) < 4.78 is 32.0. The van der Waals surface area contributed by atoms with Crippen LogP contribution in [0.3, 0.4) is 0 Å². The number of rotatable bonds is 11. The third kappa shape index (κ3) is 10.5. The molecule has 0 saturated carbocycles. The van der Waals surface area contributed by atoms with E-state index in [-0.39, 0.29) is 0 Å². The summed E-state index contributed by atoms with van der Waals surface area (Å²) in [5, 5.41) is 0. The van der Waals surface area contributed by atoms with E-state index in [1.165, 1.54) is 27.8 Å². The van der Waals surface area contributed by atoms with Gasteiger partial charge in [0.2, 0.25) is 0 Å². The average molecular weight is 549 g/mol. The van der Waals surface area contributed by atoms with Crippen molar-refractivity contribution in [2.45, 2.75) is 65.8 Å². The van der Waals surface area contributed by atoms with Crippen molar-refractivity contribution in [3.63, 3.8) is 0 Å². The van der Waals surface area contributed by atoms with Gasteiger partial charge in [-0.1, -0.05) is 56.3 Å². The Labute approximate surface area is 239 Å². The highest BCUT2D eigenvalue weighted by Crippen LogP contribution is 2.22. The van der Waals surface area contributed by atoms with Gasteiger partial charge in [-0.2, -0.15) is 0 Å². The van der Waals surface area contributed by atoms with Crippen LogP contribution < -0.4 is 14.2 Å². The van der Waals surface area contributed by atoms with Crippen LogP contribution >= 0.6 is 0 Å². The maximum Gasteiger partial charge on any atom is 0.122 e. The summed E-state index contributed by atoms with van der Waals surface area (Å²) in [6.07, 6.45) is 3.16. The Morgan fingerprint density at radius 3 is 1.25 bits per heavy atom. The maximum atomic E-state index is 5.64. The van der Waals surface area contributed by atoms with Crippen molar-refractivity contribution in [1.82, 2.24) is 0 Å². The van der Waals surface area contributed by atoms with Crippen LogP contribution in [0.4, 0.5) is 0 Å². The fourth-order valence-corrected chi connectivity index (χ4v) is 3.95. The van der Waals surface area contributed by atoms with Crippen molar-refractivity contribution < 1.29 is 28.4 Å². The first kappa shape index (κ1) is 29.9. The van der Waals surface area contributed by atoms with E-state index in [0.29, 0.717) is 38.1 Å². The molecule has 0 aromatic heterocycles. The van der Waals surface area contributed by atoms with E-state index in [1.54, 1.807) is 0 Å². The second-order valence-electron chi connectivity index (χ2n) is 10.5. The summed E-state index contributed by atoms with van der Waals surface area (Å²) in [5.74, 6) is 2.93. The molecule has 3 heterocycles. The molecule has 216 valence electrons. The Morgan fingerprint density at radius 2 is 0.925 bits per heavy atom. The fourth-order valence-electron chi connectivity index (χ4n) is 3.95. The number of benzene rings is 3. The third-order valence-electron chi connectivity index (χ3n) is 6.87. The molecule has 6 rings (SSSR count). The first-order valence-electron chi connectivity index (χ1n) is 14.4. The largest absolute Gasteiger partial charge is 0.491 e. The Bertz CT molecular complexity index is 1130. The zero-order valence-electron chi connectivity index (χ0n) is 24.6. The number of aryl methyl sites for hydroxylation is 5. The molecule has 0 aliphatic carbocycles. The second kappa shape index (κ2) is 15.1. The highest BCUT2D eigenvalue weighted by Gasteiger charge is 2.24. The van der Waals surface area contributed by atoms with Gasteiger partial charge < -0.3 is 28.4 Å². The van der Waals surface area contributed by atoms with Gasteiger partial charge in [0.1, 0.15) is 55.4 Å². The summed E-state index contributed by atoms with van der Waals surface area (Å²) in [6, 6.07) is 20.7. The number of para-hydroxylation sites is 1. The highest BCUT2D eigenvalue weighted by atomic mass is 16.6. The predicted octanol–water partition coefficient (Wildman–Crippen LogP) is 6.44. The van der Waals surface area contributed by atoms with Crippen molar-refractivity contribution >= 4 is 0 Å². The molecule has 6 heteroatoms. The lowest BCUT2D eigenvalue weighted by atomic mass is 10.1. The number of hydrogen-bond acceptors (Lipinski definition) is 6. The summed E-state index contributed by atoms with van der Waals surface area (Å²) in [4.78, 5) is 0. The van der Waals surface area contributed by atoms with E-state index in [2.05, 4.69) is 64.1 Å². The van der Waals surface area contributed by atoms with Crippen LogP contribution in [-0.2, 0) is 27.1 Å². The SMILES string of the molecule is CCc1ccc(OCC2CO2)c(C)c1.CCc1ccc(OCC2CO2)c(C)c1.Cc1ccccc1OCC1CO1. The van der Waals surface area contributed by atoms with Crippen LogP contribution in [0, 0.1) is 20.8 Å². The monoisotopic (exact) mass is 548 g/mol. The number of hydrogen-bond donors (Lipinski definition) is 0. The zero-order valence-corrected chi connectivity index (χ0v) is 24.6. The molecule has 3 unspecified atom stereocenters. The van der Waals surface area contributed by atoms with Gasteiger partial charge in [0.05, 0.1) is 19.8 Å². The average Bonchev–Trinajstić information content (AvgIpc) is 3.82. The minimum absolute atomic E-state index is 0.334. The van der Waals surface area contributed by atoms with Crippen LogP contribution in [-0.4, -0.2) is 58.0 Å². The lowest BCUT2D eigenvalue weighted by Gasteiger charge is -2.08. The fraction of sp³-hybridized carbons (Fsp3) is 0.471. The second-order valence-corrected chi connectivity index (χ2v) is 10.5. The van der Waals surface area contributed by atoms with Crippen molar-refractivity contribution in [2.75, 3.05) is 39.6 Å². The molecule has 0 radical (unpaired) electrons. The van der Waals surface area contributed by atoms with E-state index in [1.807, 2.05) is 31.2 Å². The van der Waals surface area contributed by atoms with Crippen molar-refractivity contribution in [1.29, 1.82) is 0 Å². The molecule has 3 saturated heterocycles. The molecule has 0 amide bonds. The maximum absolute atomic E-state index is 5.64. The van der Waals surface area contributed by atoms with Crippen LogP contribution in [0.25, 0.3) is 0 Å². The van der Waals surface area contributed by atoms with Gasteiger partial charge in [0.25, 0.3) is 0 Å². The molecular formula is C34H44O6. The minimum atomic E-state index is 0.334. The van der Waals surface area contributed by atoms with Gasteiger partial charge in [-0.3, -0.25) is 0 Å². The molecule has 6 nitrogen and oxygen atoms in total. The quantitative estimate of drug-likeness (QED) is 0.257. The van der Waals surface area contributed by atoms with Crippen molar-refractivity contribution in [2.24, 2.45) is 0 Å². The van der Waals surface area contributed by atoms with Gasteiger partial charge in [-0.05, 0) is 79.6 Å². The Hall–Kier alpha value is -3.06. The molecule has 3 aromatic rings. The Kier molecular flexibility index (Phi) is 11.3. The Balaban J connectivity index is 0.000000139. The number of epoxide rings is 3. The lowest BCUT2D eigenvalue weighted by molar-refractivity contribution is 0.261. The van der Waals surface area contributed by atoms with Crippen LogP contribution in [0.1, 0.15) is 41.7 Å². The normalized spacial score (nSPS) is 19.8. The van der Waals surface area contributed by atoms with E-state index in [4.69, 9.17) is 28.4 Å². The predicted molar refractivity (Wildman–Crippen MR) is 158 cm³/mol. The van der Waals surface area contributed by atoms with E-state index in [0.717, 1.165) is 49.9 Å². The highest BCUT2D eigenvalue weighted by molar-refractivity contribution is 5.37. The molecule has 0 N–H and O–H groups in total. The Morgan fingerprint density at radius 1 is 0.550 bits per heavy atom. The van der Waals surface area contributed by atoms with Gasteiger partial charge in [-0.15, -0.1) is 0 Å². The molecular weight excluding hydrogens is 504 g/mol. The summed E-state index contributed by atoms with van der Waals surface area (Å²) in [7, 11) is 0. The molecule has 3 aliphatic rings. The van der Waals surface area contributed by atoms with Crippen LogP contribution in [0.2, 0.25) is 0 Å². The van der Waals surface area contributed by atoms with Crippen LogP contribution in [0.5, 0.6) is 17.2 Å². The van der Waals surface area contributed by atoms with Crippen molar-refractivity contribution in [3.05, 3.63) is 88.5 Å². The van der Waals surface area contributed by atoms with Gasteiger partial charge >= 0.3 is 0 Å². The zero-order chi connectivity index (χ0) is 28.3. The van der Waals surface area contributed by atoms with Gasteiger partial charge in [0.15, 0.2) is 0 Å². The first-order chi connectivity index (χ1) is 19.4. The lowest BCUT2D eigenvalue weighted by Crippen LogP contribution is -2.05. The standard InChI is InChI=1S/2C12H16O2.C10H12O2/c2*1-3-10-4-5-12(9(2)6-10)14-8-11-7-13-11;1-8-4-2-3-5-10(8)12-7-9-6-11-9/h2*4-6,11H,3,7-8H2,1-2H3;2-5,9H,6-7H2,1H3. The molecule has 3 fully saturated rings. The molecule has 0 bridgehead atoms. The number of ether oxygens (including phenoxy) is 6. The summed E-state index contributed by atoms with van der Waals surface area (Å²) in [6.45, 7) is 15.2. The van der Waals surface area contributed by atoms with Gasteiger partial charge in [0, 0.05) is 0 Å². The molecule has 3 aliphatic heterocycles. The third-order valence-corrected chi connectivity index (χ3v) is 6.87. The molecule has 40 heavy (non-hydrogen) atoms. The topological polar surface area (TPSA) is 65.3 Å². The summed E-state index contributed by atoms with van der Waals surface area (Å²) in [5.41, 5.74) is 6.32. The smallest absolute Gasteiger partial charge is 0.122 e. The van der Waals surface area contributed by atoms with E-state index < -0.39 is 0 Å². The minimum Gasteiger partial charge on any atom is -0.491 e. The van der Waals surface area contributed by atoms with Crippen molar-refractivity contribution in [3.8, 4) is 17.2 Å².